The molecule has 10 N–H and O–H groups in total. The number of hydrogen-bond donors (Lipinski definition) is 10. The lowest BCUT2D eigenvalue weighted by Crippen LogP contribution is -2.60. The Kier molecular flexibility index (Phi) is 8.41. The van der Waals surface area contributed by atoms with Gasteiger partial charge in [0.2, 0.25) is 18.3 Å². The van der Waals surface area contributed by atoms with Gasteiger partial charge in [-0.05, 0) is 25.1 Å². The average Bonchev–Trinajstić information content (AvgIpc) is 2.97. The fourth-order valence-electron chi connectivity index (χ4n) is 4.81. The van der Waals surface area contributed by atoms with Crippen molar-refractivity contribution in [1.29, 1.82) is 0 Å². The standard InChI is InChI=1S/C27H30O16/c1-8-18(32)21(35)23(37)26(39-8)41-14-4-9(2-3-10(14)29)13-5-11(30)17-15(40-13)6-12(31)25(20(17)34)43-27-24(38)22(36)19(33)16(7-28)42-27/h2-6,8,16,18-19,21-24,26-29,31-38H,7H2,1H3/t8-,16?,18-,19+,21?,22-,23?,24?,26-,27-/m0/s1. The number of rotatable bonds is 6. The van der Waals surface area contributed by atoms with Gasteiger partial charge in [0.15, 0.2) is 28.4 Å². The molecule has 10 atom stereocenters. The number of aliphatic hydroxyl groups is 7. The summed E-state index contributed by atoms with van der Waals surface area (Å²) in [5, 5.41) is 101. The van der Waals surface area contributed by atoms with Gasteiger partial charge in [-0.3, -0.25) is 4.79 Å². The maximum Gasteiger partial charge on any atom is 0.229 e. The molecule has 43 heavy (non-hydrogen) atoms. The molecule has 0 amide bonds. The molecule has 0 aliphatic carbocycles. The minimum Gasteiger partial charge on any atom is -0.504 e. The summed E-state index contributed by atoms with van der Waals surface area (Å²) >= 11 is 0. The second-order valence-corrected chi connectivity index (χ2v) is 10.2. The number of fused-ring (bicyclic) bond motifs is 1. The van der Waals surface area contributed by atoms with Crippen molar-refractivity contribution in [3.8, 4) is 40.1 Å². The molecule has 0 saturated carbocycles. The molecule has 234 valence electrons. The maximum atomic E-state index is 13.1. The van der Waals surface area contributed by atoms with Crippen LogP contribution >= 0.6 is 0 Å². The summed E-state index contributed by atoms with van der Waals surface area (Å²) in [5.74, 6) is -3.15. The van der Waals surface area contributed by atoms with Crippen LogP contribution in [0, 0.1) is 0 Å². The van der Waals surface area contributed by atoms with E-state index in [0.717, 1.165) is 12.1 Å². The van der Waals surface area contributed by atoms with Gasteiger partial charge in [0.05, 0.1) is 12.7 Å². The van der Waals surface area contributed by atoms with Gasteiger partial charge in [0.25, 0.3) is 0 Å². The number of phenolic OH excluding ortho intramolecular Hbond substituents is 3. The Balaban J connectivity index is 1.46. The summed E-state index contributed by atoms with van der Waals surface area (Å²) in [5.41, 5.74) is -0.975. The van der Waals surface area contributed by atoms with E-state index in [1.807, 2.05) is 0 Å². The Bertz CT molecular complexity index is 1540. The Morgan fingerprint density at radius 1 is 0.767 bits per heavy atom. The molecule has 0 spiro atoms. The topological polar surface area (TPSA) is 269 Å². The lowest BCUT2D eigenvalue weighted by molar-refractivity contribution is -0.277. The van der Waals surface area contributed by atoms with E-state index >= 15 is 0 Å². The first-order chi connectivity index (χ1) is 20.3. The van der Waals surface area contributed by atoms with Crippen LogP contribution in [0.15, 0.2) is 39.5 Å². The van der Waals surface area contributed by atoms with Crippen LogP contribution in [-0.4, -0.2) is 119 Å². The number of aliphatic hydroxyl groups excluding tert-OH is 7. The molecule has 2 aliphatic heterocycles. The molecular weight excluding hydrogens is 580 g/mol. The number of benzene rings is 2. The van der Waals surface area contributed by atoms with Gasteiger partial charge in [-0.15, -0.1) is 0 Å². The third-order valence-electron chi connectivity index (χ3n) is 7.31. The first-order valence-electron chi connectivity index (χ1n) is 13.0. The highest BCUT2D eigenvalue weighted by Gasteiger charge is 2.46. The Hall–Kier alpha value is -3.71. The smallest absolute Gasteiger partial charge is 0.229 e. The molecular formula is C27H30O16. The van der Waals surface area contributed by atoms with E-state index in [1.54, 1.807) is 0 Å². The third kappa shape index (κ3) is 5.55. The van der Waals surface area contributed by atoms with E-state index in [0.29, 0.717) is 0 Å². The van der Waals surface area contributed by atoms with E-state index < -0.39 is 102 Å². The molecule has 3 aromatic rings. The van der Waals surface area contributed by atoms with E-state index in [-0.39, 0.29) is 22.7 Å². The summed E-state index contributed by atoms with van der Waals surface area (Å²) in [6, 6.07) is 5.67. The quantitative estimate of drug-likeness (QED) is 0.144. The van der Waals surface area contributed by atoms with Gasteiger partial charge in [-0.2, -0.15) is 0 Å². The van der Waals surface area contributed by atoms with Gasteiger partial charge >= 0.3 is 0 Å². The van der Waals surface area contributed by atoms with Crippen LogP contribution in [0.1, 0.15) is 6.92 Å². The SMILES string of the molecule is C[C@@H]1O[C@@H](Oc2cc(-c3cc(=O)c4c(O)c(O[C@@H]5OC(CO)[C@@H](O)[C@H](O)C5O)c(O)cc4o3)ccc2O)C(O)C(O)[C@H]1O. The Morgan fingerprint density at radius 2 is 1.42 bits per heavy atom. The van der Waals surface area contributed by atoms with Crippen LogP contribution in [0.3, 0.4) is 0 Å². The van der Waals surface area contributed by atoms with Crippen molar-refractivity contribution in [2.24, 2.45) is 0 Å². The van der Waals surface area contributed by atoms with E-state index in [1.165, 1.54) is 25.1 Å². The molecule has 2 fully saturated rings. The van der Waals surface area contributed by atoms with Crippen molar-refractivity contribution in [1.82, 2.24) is 0 Å². The molecule has 2 aliphatic rings. The molecule has 0 radical (unpaired) electrons. The minimum absolute atomic E-state index is 0.113. The molecule has 4 unspecified atom stereocenters. The van der Waals surface area contributed by atoms with Crippen molar-refractivity contribution in [2.45, 2.75) is 68.3 Å². The van der Waals surface area contributed by atoms with Gasteiger partial charge in [-0.25, -0.2) is 0 Å². The number of hydrogen-bond acceptors (Lipinski definition) is 16. The largest absolute Gasteiger partial charge is 0.504 e. The van der Waals surface area contributed by atoms with Crippen LogP contribution in [-0.2, 0) is 9.47 Å². The first-order valence-corrected chi connectivity index (χ1v) is 13.0. The third-order valence-corrected chi connectivity index (χ3v) is 7.31. The zero-order chi connectivity index (χ0) is 31.3. The van der Waals surface area contributed by atoms with Crippen molar-refractivity contribution < 1.29 is 74.4 Å². The van der Waals surface area contributed by atoms with Crippen molar-refractivity contribution in [2.75, 3.05) is 6.61 Å². The van der Waals surface area contributed by atoms with Crippen LogP contribution in [0.2, 0.25) is 0 Å². The second-order valence-electron chi connectivity index (χ2n) is 10.2. The summed E-state index contributed by atoms with van der Waals surface area (Å²) in [6.45, 7) is 0.691. The van der Waals surface area contributed by atoms with E-state index in [4.69, 9.17) is 23.4 Å². The first kappa shape index (κ1) is 30.7. The van der Waals surface area contributed by atoms with Crippen molar-refractivity contribution >= 4 is 11.0 Å². The molecule has 2 aromatic carbocycles. The van der Waals surface area contributed by atoms with Gasteiger partial charge < -0.3 is 74.4 Å². The van der Waals surface area contributed by atoms with Crippen LogP contribution < -0.4 is 14.9 Å². The highest BCUT2D eigenvalue weighted by atomic mass is 16.7. The lowest BCUT2D eigenvalue weighted by atomic mass is 9.99. The number of phenols is 3. The predicted octanol–water partition coefficient (Wildman–Crippen LogP) is -2.04. The summed E-state index contributed by atoms with van der Waals surface area (Å²) in [6.07, 6.45) is -15.5. The van der Waals surface area contributed by atoms with E-state index in [9.17, 15) is 55.9 Å². The van der Waals surface area contributed by atoms with Crippen LogP contribution in [0.4, 0.5) is 0 Å². The maximum absolute atomic E-state index is 13.1. The molecule has 1 aromatic heterocycles. The van der Waals surface area contributed by atoms with Gasteiger partial charge in [0, 0.05) is 17.7 Å². The molecule has 16 nitrogen and oxygen atoms in total. The molecule has 5 rings (SSSR count). The lowest BCUT2D eigenvalue weighted by Gasteiger charge is -2.39. The van der Waals surface area contributed by atoms with E-state index in [2.05, 4.69) is 0 Å². The monoisotopic (exact) mass is 610 g/mol. The Labute approximate surface area is 241 Å². The Morgan fingerprint density at radius 3 is 2.09 bits per heavy atom. The fraction of sp³-hybridized carbons (Fsp3) is 0.444. The van der Waals surface area contributed by atoms with Crippen molar-refractivity contribution in [3.05, 3.63) is 40.6 Å². The zero-order valence-corrected chi connectivity index (χ0v) is 22.3. The molecule has 16 heteroatoms. The minimum atomic E-state index is -1.87. The normalized spacial score (nSPS) is 32.9. The van der Waals surface area contributed by atoms with Gasteiger partial charge in [-0.1, -0.05) is 0 Å². The number of aromatic hydroxyl groups is 3. The molecule has 2 saturated heterocycles. The molecule has 0 bridgehead atoms. The zero-order valence-electron chi connectivity index (χ0n) is 22.3. The van der Waals surface area contributed by atoms with Crippen LogP contribution in [0.5, 0.6) is 28.7 Å². The summed E-state index contributed by atoms with van der Waals surface area (Å²) < 4.78 is 27.2. The number of ether oxygens (including phenoxy) is 4. The average molecular weight is 611 g/mol. The highest BCUT2D eigenvalue weighted by Crippen LogP contribution is 2.43. The summed E-state index contributed by atoms with van der Waals surface area (Å²) in [7, 11) is 0. The molecule has 3 heterocycles. The predicted molar refractivity (Wildman–Crippen MR) is 140 cm³/mol. The summed E-state index contributed by atoms with van der Waals surface area (Å²) in [4.78, 5) is 13.1. The fourth-order valence-corrected chi connectivity index (χ4v) is 4.81. The highest BCUT2D eigenvalue weighted by molar-refractivity contribution is 5.89. The van der Waals surface area contributed by atoms with Crippen molar-refractivity contribution in [3.63, 3.8) is 0 Å². The van der Waals surface area contributed by atoms with Crippen LogP contribution in [0.25, 0.3) is 22.3 Å². The second kappa shape index (κ2) is 11.8. The van der Waals surface area contributed by atoms with Gasteiger partial charge in [0.1, 0.15) is 59.5 Å².